The highest BCUT2D eigenvalue weighted by Crippen LogP contribution is 2.34. The van der Waals surface area contributed by atoms with Crippen molar-refractivity contribution in [3.63, 3.8) is 0 Å². The van der Waals surface area contributed by atoms with Crippen LogP contribution in [0.3, 0.4) is 0 Å². The van der Waals surface area contributed by atoms with Crippen LogP contribution >= 0.6 is 11.3 Å². The summed E-state index contributed by atoms with van der Waals surface area (Å²) in [5, 5.41) is 0.675. The fraction of sp³-hybridized carbons (Fsp3) is 0.650. The molecule has 9 heteroatoms. The number of thiophene rings is 1. The Hall–Kier alpha value is -1.74. The summed E-state index contributed by atoms with van der Waals surface area (Å²) in [5.41, 5.74) is 0.965. The van der Waals surface area contributed by atoms with Crippen LogP contribution in [0.4, 0.5) is 0 Å². The molecule has 0 N–H and O–H groups in total. The second-order valence-electron chi connectivity index (χ2n) is 8.51. The molecule has 1 aliphatic heterocycles. The van der Waals surface area contributed by atoms with E-state index in [1.54, 1.807) is 16.2 Å². The summed E-state index contributed by atoms with van der Waals surface area (Å²) in [4.78, 5) is 34.7. The zero-order valence-electron chi connectivity index (χ0n) is 16.3. The number of sulfone groups is 1. The highest BCUT2D eigenvalue weighted by molar-refractivity contribution is 7.91. The summed E-state index contributed by atoms with van der Waals surface area (Å²) in [6.45, 7) is -0.0700. The third-order valence-corrected chi connectivity index (χ3v) is 9.56. The molecule has 0 bridgehead atoms. The van der Waals surface area contributed by atoms with Gasteiger partial charge in [0.1, 0.15) is 11.4 Å². The maximum atomic E-state index is 13.3. The average Bonchev–Trinajstić information content (AvgIpc) is 3.42. The van der Waals surface area contributed by atoms with Crippen molar-refractivity contribution in [3.05, 3.63) is 27.1 Å². The summed E-state index contributed by atoms with van der Waals surface area (Å²) < 4.78 is 25.5. The van der Waals surface area contributed by atoms with E-state index in [-0.39, 0.29) is 41.6 Å². The van der Waals surface area contributed by atoms with Gasteiger partial charge in [-0.15, -0.1) is 11.3 Å². The zero-order chi connectivity index (χ0) is 20.2. The van der Waals surface area contributed by atoms with Gasteiger partial charge in [0.15, 0.2) is 9.84 Å². The largest absolute Gasteiger partial charge is 0.334 e. The number of carbonyl (C=O) groups is 1. The van der Waals surface area contributed by atoms with Crippen LogP contribution in [0, 0.1) is 0 Å². The molecular weight excluding hydrogens is 410 g/mol. The normalized spacial score (nSPS) is 23.7. The lowest BCUT2D eigenvalue weighted by molar-refractivity contribution is -0.136. The Labute approximate surface area is 173 Å². The Morgan fingerprint density at radius 2 is 1.97 bits per heavy atom. The molecule has 2 aromatic rings. The molecule has 1 saturated heterocycles. The minimum atomic E-state index is -3.09. The highest BCUT2D eigenvalue weighted by atomic mass is 32.2. The quantitative estimate of drug-likeness (QED) is 0.732. The van der Waals surface area contributed by atoms with Crippen LogP contribution in [0.2, 0.25) is 0 Å². The maximum absolute atomic E-state index is 13.3. The number of hydrogen-bond acceptors (Lipinski definition) is 6. The number of nitrogens with zero attached hydrogens (tertiary/aromatic N) is 3. The van der Waals surface area contributed by atoms with E-state index < -0.39 is 9.84 Å². The minimum absolute atomic E-state index is 0.0411. The fourth-order valence-corrected chi connectivity index (χ4v) is 8.17. The van der Waals surface area contributed by atoms with E-state index in [0.717, 1.165) is 55.3 Å². The van der Waals surface area contributed by atoms with Crippen LogP contribution in [0.15, 0.2) is 11.1 Å². The molecule has 0 radical (unpaired) electrons. The predicted octanol–water partition coefficient (Wildman–Crippen LogP) is 1.91. The molecule has 7 nitrogen and oxygen atoms in total. The van der Waals surface area contributed by atoms with Gasteiger partial charge in [0, 0.05) is 17.0 Å². The Morgan fingerprint density at radius 1 is 1.17 bits per heavy atom. The molecule has 156 valence electrons. The van der Waals surface area contributed by atoms with Crippen LogP contribution in [0.25, 0.3) is 10.2 Å². The number of carbonyl (C=O) groups excluding carboxylic acids is 1. The van der Waals surface area contributed by atoms with E-state index >= 15 is 0 Å². The topological polar surface area (TPSA) is 89.3 Å². The van der Waals surface area contributed by atoms with Gasteiger partial charge in [-0.25, -0.2) is 13.4 Å². The van der Waals surface area contributed by atoms with Crippen molar-refractivity contribution >= 4 is 37.3 Å². The fourth-order valence-electron chi connectivity index (χ4n) is 5.24. The van der Waals surface area contributed by atoms with Gasteiger partial charge in [-0.3, -0.25) is 14.2 Å². The highest BCUT2D eigenvalue weighted by Gasteiger charge is 2.39. The van der Waals surface area contributed by atoms with Gasteiger partial charge < -0.3 is 4.90 Å². The van der Waals surface area contributed by atoms with Crippen LogP contribution < -0.4 is 5.56 Å². The number of rotatable bonds is 4. The first-order valence-corrected chi connectivity index (χ1v) is 13.1. The molecule has 0 aromatic carbocycles. The molecule has 3 heterocycles. The lowest BCUT2D eigenvalue weighted by Gasteiger charge is -2.34. The van der Waals surface area contributed by atoms with E-state index in [2.05, 4.69) is 4.98 Å². The molecule has 1 unspecified atom stereocenters. The van der Waals surface area contributed by atoms with Gasteiger partial charge in [-0.2, -0.15) is 0 Å². The average molecular weight is 436 g/mol. The van der Waals surface area contributed by atoms with E-state index in [9.17, 15) is 18.0 Å². The van der Waals surface area contributed by atoms with Gasteiger partial charge in [0.05, 0.1) is 23.2 Å². The molecule has 1 atom stereocenters. The van der Waals surface area contributed by atoms with Crippen molar-refractivity contribution in [2.75, 3.05) is 11.5 Å². The van der Waals surface area contributed by atoms with E-state index in [1.165, 1.54) is 15.8 Å². The van der Waals surface area contributed by atoms with E-state index in [1.807, 2.05) is 0 Å². The Morgan fingerprint density at radius 3 is 2.69 bits per heavy atom. The molecule has 5 rings (SSSR count). The number of fused-ring (bicyclic) bond motifs is 3. The van der Waals surface area contributed by atoms with Gasteiger partial charge in [0.25, 0.3) is 5.56 Å². The summed E-state index contributed by atoms with van der Waals surface area (Å²) >= 11 is 1.59. The molecule has 3 aliphatic rings. The first-order chi connectivity index (χ1) is 13.9. The summed E-state index contributed by atoms with van der Waals surface area (Å²) in [6, 6.07) is -0.188. The van der Waals surface area contributed by atoms with Crippen molar-refractivity contribution in [1.29, 1.82) is 0 Å². The molecule has 2 fully saturated rings. The van der Waals surface area contributed by atoms with Crippen LogP contribution in [0.5, 0.6) is 0 Å². The SMILES string of the molecule is O=C(Cn1cnc2sc3c(c2c1=O)CCC3)N(C1CCCC1)C1CCS(=O)(=O)C1. The van der Waals surface area contributed by atoms with E-state index in [0.29, 0.717) is 11.8 Å². The second-order valence-corrected chi connectivity index (χ2v) is 11.8. The van der Waals surface area contributed by atoms with Crippen molar-refractivity contribution in [1.82, 2.24) is 14.5 Å². The molecule has 29 heavy (non-hydrogen) atoms. The van der Waals surface area contributed by atoms with Crippen LogP contribution in [0.1, 0.15) is 49.0 Å². The van der Waals surface area contributed by atoms with Crippen molar-refractivity contribution in [2.24, 2.45) is 0 Å². The number of hydrogen-bond donors (Lipinski definition) is 0. The lowest BCUT2D eigenvalue weighted by Crippen LogP contribution is -2.49. The number of aromatic nitrogens is 2. The summed E-state index contributed by atoms with van der Waals surface area (Å²) in [6.07, 6.45) is 8.87. The third kappa shape index (κ3) is 3.42. The standard InChI is InChI=1S/C20H25N3O4S2/c24-17(23(13-4-1-2-5-13)14-8-9-29(26,27)11-14)10-22-12-21-19-18(20(22)25)15-6-3-7-16(15)28-19/h12-14H,1-11H2. The van der Waals surface area contributed by atoms with E-state index in [4.69, 9.17) is 0 Å². The lowest BCUT2D eigenvalue weighted by atomic mass is 10.1. The van der Waals surface area contributed by atoms with Gasteiger partial charge in [-0.05, 0) is 44.1 Å². The monoisotopic (exact) mass is 435 g/mol. The van der Waals surface area contributed by atoms with Crippen LogP contribution in [-0.4, -0.2) is 52.4 Å². The van der Waals surface area contributed by atoms with Crippen LogP contribution in [-0.2, 0) is 34.0 Å². The molecule has 2 aliphatic carbocycles. The Bertz CT molecular complexity index is 1130. The zero-order valence-corrected chi connectivity index (χ0v) is 17.9. The number of amides is 1. The Balaban J connectivity index is 1.46. The second kappa shape index (κ2) is 7.19. The minimum Gasteiger partial charge on any atom is -0.334 e. The van der Waals surface area contributed by atoms with Gasteiger partial charge in [-0.1, -0.05) is 12.8 Å². The maximum Gasteiger partial charge on any atom is 0.262 e. The molecule has 1 amide bonds. The smallest absolute Gasteiger partial charge is 0.262 e. The van der Waals surface area contributed by atoms with Crippen molar-refractivity contribution in [2.45, 2.75) is 70.0 Å². The van der Waals surface area contributed by atoms with Gasteiger partial charge in [0.2, 0.25) is 5.91 Å². The molecule has 1 saturated carbocycles. The summed E-state index contributed by atoms with van der Waals surface area (Å²) in [7, 11) is -3.09. The predicted molar refractivity (Wildman–Crippen MR) is 112 cm³/mol. The summed E-state index contributed by atoms with van der Waals surface area (Å²) in [5.74, 6) is 0.0245. The van der Waals surface area contributed by atoms with Gasteiger partial charge >= 0.3 is 0 Å². The Kier molecular flexibility index (Phi) is 4.77. The van der Waals surface area contributed by atoms with Crippen molar-refractivity contribution < 1.29 is 13.2 Å². The molecule has 2 aromatic heterocycles. The first-order valence-electron chi connectivity index (χ1n) is 10.4. The number of aryl methyl sites for hydroxylation is 2. The molecular formula is C20H25N3O4S2. The third-order valence-electron chi connectivity index (χ3n) is 6.61. The van der Waals surface area contributed by atoms with Crippen molar-refractivity contribution in [3.8, 4) is 0 Å². The first kappa shape index (κ1) is 19.2. The molecule has 0 spiro atoms.